The van der Waals surface area contributed by atoms with Crippen molar-refractivity contribution in [2.75, 3.05) is 30.9 Å². The fourth-order valence-corrected chi connectivity index (χ4v) is 2.13. The molecule has 0 spiro atoms. The highest BCUT2D eigenvalue weighted by molar-refractivity contribution is 6.05. The summed E-state index contributed by atoms with van der Waals surface area (Å²) < 4.78 is 0. The molecule has 0 bridgehead atoms. The van der Waals surface area contributed by atoms with Crippen LogP contribution in [-0.4, -0.2) is 37.4 Å². The second-order valence-electron chi connectivity index (χ2n) is 6.46. The van der Waals surface area contributed by atoms with Gasteiger partial charge in [-0.25, -0.2) is 0 Å². The molecule has 6 heteroatoms. The molecule has 2 N–H and O–H groups in total. The van der Waals surface area contributed by atoms with Crippen LogP contribution in [0.25, 0.3) is 0 Å². The van der Waals surface area contributed by atoms with Crippen LogP contribution in [0.3, 0.4) is 0 Å². The number of anilines is 2. The van der Waals surface area contributed by atoms with E-state index in [0.717, 1.165) is 5.69 Å². The molecule has 132 valence electrons. The molecule has 1 aromatic carbocycles. The fourth-order valence-electron chi connectivity index (χ4n) is 2.13. The molecule has 25 heavy (non-hydrogen) atoms. The number of nitrogens with one attached hydrogen (secondary N) is 2. The largest absolute Gasteiger partial charge is 0.378 e. The zero-order chi connectivity index (χ0) is 18.4. The maximum Gasteiger partial charge on any atom is 0.257 e. The van der Waals surface area contributed by atoms with E-state index >= 15 is 0 Å². The van der Waals surface area contributed by atoms with Gasteiger partial charge < -0.3 is 15.5 Å². The number of carbonyl (C=O) groups is 2. The van der Waals surface area contributed by atoms with Crippen molar-refractivity contribution in [3.63, 3.8) is 0 Å². The number of aromatic nitrogens is 1. The maximum atomic E-state index is 12.4. The summed E-state index contributed by atoms with van der Waals surface area (Å²) in [5.41, 5.74) is 2.44. The van der Waals surface area contributed by atoms with Crippen LogP contribution in [0.15, 0.2) is 42.7 Å². The highest BCUT2D eigenvalue weighted by Gasteiger charge is 2.12. The van der Waals surface area contributed by atoms with Crippen molar-refractivity contribution in [1.82, 2.24) is 10.3 Å². The van der Waals surface area contributed by atoms with Crippen molar-refractivity contribution in [2.45, 2.75) is 13.8 Å². The molecular formula is C19H24N4O2. The molecule has 0 aliphatic heterocycles. The highest BCUT2D eigenvalue weighted by atomic mass is 16.2. The van der Waals surface area contributed by atoms with Crippen LogP contribution in [0.5, 0.6) is 0 Å². The van der Waals surface area contributed by atoms with E-state index in [1.807, 2.05) is 57.1 Å². The van der Waals surface area contributed by atoms with E-state index < -0.39 is 0 Å². The van der Waals surface area contributed by atoms with Gasteiger partial charge in [-0.1, -0.05) is 13.8 Å². The van der Waals surface area contributed by atoms with Gasteiger partial charge in [0.2, 0.25) is 0 Å². The van der Waals surface area contributed by atoms with Crippen LogP contribution in [-0.2, 0) is 0 Å². The average Bonchev–Trinajstić information content (AvgIpc) is 2.60. The Morgan fingerprint density at radius 2 is 1.64 bits per heavy atom. The van der Waals surface area contributed by atoms with Crippen molar-refractivity contribution in [3.8, 4) is 0 Å². The van der Waals surface area contributed by atoms with Gasteiger partial charge in [0.1, 0.15) is 0 Å². The van der Waals surface area contributed by atoms with Crippen molar-refractivity contribution in [1.29, 1.82) is 0 Å². The molecule has 0 aliphatic rings. The number of pyridine rings is 1. The minimum atomic E-state index is -0.302. The molecule has 0 radical (unpaired) electrons. The lowest BCUT2D eigenvalue weighted by Crippen LogP contribution is -2.27. The zero-order valence-electron chi connectivity index (χ0n) is 15.0. The van der Waals surface area contributed by atoms with E-state index in [2.05, 4.69) is 15.6 Å². The molecule has 0 saturated carbocycles. The van der Waals surface area contributed by atoms with Gasteiger partial charge in [-0.05, 0) is 36.2 Å². The summed E-state index contributed by atoms with van der Waals surface area (Å²) in [4.78, 5) is 30.5. The Morgan fingerprint density at radius 3 is 2.20 bits per heavy atom. The van der Waals surface area contributed by atoms with Gasteiger partial charge >= 0.3 is 0 Å². The van der Waals surface area contributed by atoms with E-state index in [9.17, 15) is 9.59 Å². The fraction of sp³-hybridized carbons (Fsp3) is 0.316. The first-order valence-corrected chi connectivity index (χ1v) is 8.19. The van der Waals surface area contributed by atoms with E-state index in [0.29, 0.717) is 29.3 Å². The first-order chi connectivity index (χ1) is 11.9. The Labute approximate surface area is 148 Å². The van der Waals surface area contributed by atoms with Crippen LogP contribution in [0.1, 0.15) is 34.6 Å². The van der Waals surface area contributed by atoms with Crippen molar-refractivity contribution in [2.24, 2.45) is 5.92 Å². The van der Waals surface area contributed by atoms with Gasteiger partial charge in [-0.3, -0.25) is 14.6 Å². The van der Waals surface area contributed by atoms with Crippen LogP contribution in [0.4, 0.5) is 11.4 Å². The Bertz CT molecular complexity index is 739. The summed E-state index contributed by atoms with van der Waals surface area (Å²) in [6, 6.07) is 9.05. The van der Waals surface area contributed by atoms with E-state index in [1.165, 1.54) is 12.4 Å². The molecule has 2 rings (SSSR count). The standard InChI is InChI=1S/C19H24N4O2/c1-13(2)10-21-18(24)14-9-15(12-20-11-14)19(25)22-16-5-7-17(8-6-16)23(3)4/h5-9,11-13H,10H2,1-4H3,(H,21,24)(H,22,25). The normalized spacial score (nSPS) is 10.4. The first kappa shape index (κ1) is 18.4. The second-order valence-corrected chi connectivity index (χ2v) is 6.46. The topological polar surface area (TPSA) is 74.3 Å². The van der Waals surface area contributed by atoms with E-state index in [4.69, 9.17) is 0 Å². The molecule has 1 heterocycles. The van der Waals surface area contributed by atoms with Crippen molar-refractivity contribution < 1.29 is 9.59 Å². The van der Waals surface area contributed by atoms with Gasteiger partial charge in [0.05, 0.1) is 11.1 Å². The van der Waals surface area contributed by atoms with Gasteiger partial charge in [0, 0.05) is 44.4 Å². The minimum Gasteiger partial charge on any atom is -0.378 e. The van der Waals surface area contributed by atoms with Crippen LogP contribution < -0.4 is 15.5 Å². The number of nitrogens with zero attached hydrogens (tertiary/aromatic N) is 2. The quantitative estimate of drug-likeness (QED) is 0.848. The molecule has 6 nitrogen and oxygen atoms in total. The third-order valence-electron chi connectivity index (χ3n) is 3.58. The lowest BCUT2D eigenvalue weighted by molar-refractivity contribution is 0.0948. The average molecular weight is 340 g/mol. The highest BCUT2D eigenvalue weighted by Crippen LogP contribution is 2.16. The smallest absolute Gasteiger partial charge is 0.257 e. The summed E-state index contributed by atoms with van der Waals surface area (Å²) in [6.45, 7) is 4.61. The summed E-state index contributed by atoms with van der Waals surface area (Å²) in [7, 11) is 3.91. The van der Waals surface area contributed by atoms with Gasteiger partial charge in [-0.2, -0.15) is 0 Å². The molecule has 0 aliphatic carbocycles. The van der Waals surface area contributed by atoms with Gasteiger partial charge in [0.15, 0.2) is 0 Å². The van der Waals surface area contributed by atoms with Crippen LogP contribution >= 0.6 is 0 Å². The summed E-state index contributed by atoms with van der Waals surface area (Å²) >= 11 is 0. The predicted molar refractivity (Wildman–Crippen MR) is 100 cm³/mol. The summed E-state index contributed by atoms with van der Waals surface area (Å²) in [6.07, 6.45) is 2.90. The summed E-state index contributed by atoms with van der Waals surface area (Å²) in [5.74, 6) is -0.177. The molecule has 2 amide bonds. The number of hydrogen-bond donors (Lipinski definition) is 2. The van der Waals surface area contributed by atoms with Crippen molar-refractivity contribution in [3.05, 3.63) is 53.9 Å². The third-order valence-corrected chi connectivity index (χ3v) is 3.58. The van der Waals surface area contributed by atoms with E-state index in [1.54, 1.807) is 6.07 Å². The van der Waals surface area contributed by atoms with E-state index in [-0.39, 0.29) is 11.8 Å². The minimum absolute atomic E-state index is 0.230. The molecule has 0 atom stereocenters. The Morgan fingerprint density at radius 1 is 1.04 bits per heavy atom. The van der Waals surface area contributed by atoms with Crippen LogP contribution in [0, 0.1) is 5.92 Å². The molecule has 1 aromatic heterocycles. The zero-order valence-corrected chi connectivity index (χ0v) is 15.0. The number of carbonyl (C=O) groups excluding carboxylic acids is 2. The SMILES string of the molecule is CC(C)CNC(=O)c1cncc(C(=O)Nc2ccc(N(C)C)cc2)c1. The lowest BCUT2D eigenvalue weighted by Gasteiger charge is -2.13. The second kappa shape index (κ2) is 8.28. The number of benzene rings is 1. The van der Waals surface area contributed by atoms with Gasteiger partial charge in [0.25, 0.3) is 11.8 Å². The first-order valence-electron chi connectivity index (χ1n) is 8.19. The predicted octanol–water partition coefficient (Wildman–Crippen LogP) is 2.79. The van der Waals surface area contributed by atoms with Crippen molar-refractivity contribution >= 4 is 23.2 Å². The third kappa shape index (κ3) is 5.31. The molecule has 2 aromatic rings. The summed E-state index contributed by atoms with van der Waals surface area (Å²) in [5, 5.41) is 5.63. The Hall–Kier alpha value is -2.89. The molecule has 0 saturated heterocycles. The Balaban J connectivity index is 2.06. The monoisotopic (exact) mass is 340 g/mol. The lowest BCUT2D eigenvalue weighted by atomic mass is 10.1. The Kier molecular flexibility index (Phi) is 6.11. The number of rotatable bonds is 6. The molecular weight excluding hydrogens is 316 g/mol. The van der Waals surface area contributed by atoms with Crippen LogP contribution in [0.2, 0.25) is 0 Å². The number of hydrogen-bond acceptors (Lipinski definition) is 4. The molecule has 0 unspecified atom stereocenters. The van der Waals surface area contributed by atoms with Gasteiger partial charge in [-0.15, -0.1) is 0 Å². The molecule has 0 fully saturated rings. The maximum absolute atomic E-state index is 12.4. The number of amides is 2.